The van der Waals surface area contributed by atoms with Crippen LogP contribution < -0.4 is 4.90 Å². The van der Waals surface area contributed by atoms with Crippen molar-refractivity contribution in [3.8, 4) is 0 Å². The third-order valence-corrected chi connectivity index (χ3v) is 5.70. The van der Waals surface area contributed by atoms with E-state index in [4.69, 9.17) is 11.3 Å². The molecule has 0 amide bonds. The molecule has 1 saturated heterocycles. The van der Waals surface area contributed by atoms with Gasteiger partial charge in [0.25, 0.3) is 0 Å². The maximum absolute atomic E-state index is 13.6. The van der Waals surface area contributed by atoms with Gasteiger partial charge in [-0.15, -0.1) is 0 Å². The van der Waals surface area contributed by atoms with Gasteiger partial charge in [-0.05, 0) is 30.2 Å². The number of likely N-dealkylation sites (tertiary alicyclic amines) is 1. The van der Waals surface area contributed by atoms with E-state index >= 15 is 0 Å². The maximum atomic E-state index is 13.6. The largest absolute Gasteiger partial charge is 0.416 e. The minimum atomic E-state index is -4.76. The van der Waals surface area contributed by atoms with E-state index in [9.17, 15) is 26.3 Å². The molecule has 0 N–H and O–H groups in total. The zero-order valence-corrected chi connectivity index (χ0v) is 17.9. The normalized spacial score (nSPS) is 17.2. The van der Waals surface area contributed by atoms with E-state index in [1.165, 1.54) is 24.3 Å². The molecule has 1 atom stereocenters. The number of alkyl halides is 6. The Bertz CT molecular complexity index is 999. The molecule has 0 radical (unpaired) electrons. The summed E-state index contributed by atoms with van der Waals surface area (Å²) in [5.74, 6) is 0. The number of hydrogen-bond acceptors (Lipinski definition) is 3. The van der Waals surface area contributed by atoms with E-state index in [1.807, 2.05) is 0 Å². The van der Waals surface area contributed by atoms with Crippen LogP contribution >= 0.6 is 0 Å². The van der Waals surface area contributed by atoms with Gasteiger partial charge >= 0.3 is 12.4 Å². The predicted molar refractivity (Wildman–Crippen MR) is 112 cm³/mol. The fourth-order valence-corrected chi connectivity index (χ4v) is 4.07. The monoisotopic (exact) mass is 471 g/mol. The summed E-state index contributed by atoms with van der Waals surface area (Å²) in [7, 11) is 1.56. The Labute approximate surface area is 188 Å². The number of rotatable bonds is 7. The van der Waals surface area contributed by atoms with Crippen molar-refractivity contribution in [2.75, 3.05) is 38.3 Å². The lowest BCUT2D eigenvalue weighted by Crippen LogP contribution is -2.38. The molecule has 0 aliphatic carbocycles. The first-order chi connectivity index (χ1) is 15.5. The van der Waals surface area contributed by atoms with Gasteiger partial charge in [0.15, 0.2) is 5.69 Å². The van der Waals surface area contributed by atoms with Crippen LogP contribution in [0.1, 0.15) is 23.1 Å². The third kappa shape index (κ3) is 5.97. The highest BCUT2D eigenvalue weighted by molar-refractivity contribution is 5.63. The molecular formula is C23H23F6N3O. The molecule has 10 heteroatoms. The first-order valence-corrected chi connectivity index (χ1v) is 10.3. The highest BCUT2D eigenvalue weighted by Crippen LogP contribution is 2.40. The standard InChI is InChI=1S/C23H23F6N3O/c1-30-21-8-7-17(13-20(21)23(27,28)29)32(18-9-10-31(15-18)11-12-33-2)14-16-5-3-4-6-19(16)22(24,25)26/h3-8,13,18H,9-12,14-15H2,2H3/t18-/m0/s1. The number of anilines is 1. The Morgan fingerprint density at radius 2 is 1.76 bits per heavy atom. The summed E-state index contributed by atoms with van der Waals surface area (Å²) in [4.78, 5) is 6.60. The van der Waals surface area contributed by atoms with Crippen LogP contribution in [-0.2, 0) is 23.6 Å². The molecule has 1 heterocycles. The van der Waals surface area contributed by atoms with Crippen molar-refractivity contribution in [3.63, 3.8) is 0 Å². The summed E-state index contributed by atoms with van der Waals surface area (Å²) in [6.07, 6.45) is -8.77. The average molecular weight is 471 g/mol. The van der Waals surface area contributed by atoms with Gasteiger partial charge in [-0.25, -0.2) is 4.85 Å². The van der Waals surface area contributed by atoms with Crippen LogP contribution in [0.15, 0.2) is 42.5 Å². The van der Waals surface area contributed by atoms with E-state index in [0.29, 0.717) is 32.7 Å². The lowest BCUT2D eigenvalue weighted by Gasteiger charge is -2.33. The van der Waals surface area contributed by atoms with Gasteiger partial charge in [0.05, 0.1) is 24.3 Å². The van der Waals surface area contributed by atoms with E-state index in [-0.39, 0.29) is 23.8 Å². The summed E-state index contributed by atoms with van der Waals surface area (Å²) in [6, 6.07) is 8.07. The quantitative estimate of drug-likeness (QED) is 0.365. The molecule has 0 aromatic heterocycles. The fourth-order valence-electron chi connectivity index (χ4n) is 4.07. The molecule has 4 nitrogen and oxygen atoms in total. The number of halogens is 6. The van der Waals surface area contributed by atoms with Gasteiger partial charge in [0, 0.05) is 45.0 Å². The van der Waals surface area contributed by atoms with Gasteiger partial charge in [-0.1, -0.05) is 24.3 Å². The summed E-state index contributed by atoms with van der Waals surface area (Å²) in [6.45, 7) is 9.04. The van der Waals surface area contributed by atoms with Crippen LogP contribution in [-0.4, -0.2) is 44.3 Å². The first kappa shape index (κ1) is 24.9. The van der Waals surface area contributed by atoms with Crippen LogP contribution in [0.5, 0.6) is 0 Å². The molecule has 178 valence electrons. The van der Waals surface area contributed by atoms with E-state index < -0.39 is 29.2 Å². The molecule has 2 aromatic rings. The Kier molecular flexibility index (Phi) is 7.55. The van der Waals surface area contributed by atoms with Gasteiger partial charge < -0.3 is 9.64 Å². The number of benzene rings is 2. The molecule has 0 bridgehead atoms. The third-order valence-electron chi connectivity index (χ3n) is 5.70. The lowest BCUT2D eigenvalue weighted by atomic mass is 10.0. The highest BCUT2D eigenvalue weighted by atomic mass is 19.4. The SMILES string of the molecule is [C-]#[N+]c1ccc(N(Cc2ccccc2C(F)(F)F)[C@H]2CCN(CCOC)C2)cc1C(F)(F)F. The fraction of sp³-hybridized carbons (Fsp3) is 0.435. The van der Waals surface area contributed by atoms with Crippen molar-refractivity contribution < 1.29 is 31.1 Å². The van der Waals surface area contributed by atoms with Crippen LogP contribution in [0.3, 0.4) is 0 Å². The lowest BCUT2D eigenvalue weighted by molar-refractivity contribution is -0.138. The van der Waals surface area contributed by atoms with Crippen molar-refractivity contribution >= 4 is 11.4 Å². The summed E-state index contributed by atoms with van der Waals surface area (Å²) in [5.41, 5.74) is -2.36. The number of ether oxygens (including phenoxy) is 1. The van der Waals surface area contributed by atoms with Gasteiger partial charge in [0.1, 0.15) is 0 Å². The predicted octanol–water partition coefficient (Wildman–Crippen LogP) is 6.00. The average Bonchev–Trinajstić information content (AvgIpc) is 3.23. The molecule has 2 aromatic carbocycles. The number of methoxy groups -OCH3 is 1. The number of nitrogens with zero attached hydrogens (tertiary/aromatic N) is 3. The molecule has 0 unspecified atom stereocenters. The summed E-state index contributed by atoms with van der Waals surface area (Å²) < 4.78 is 86.5. The molecule has 1 aliphatic heterocycles. The van der Waals surface area contributed by atoms with Crippen molar-refractivity contribution in [1.82, 2.24) is 4.90 Å². The van der Waals surface area contributed by atoms with Crippen molar-refractivity contribution in [2.45, 2.75) is 31.4 Å². The molecule has 0 spiro atoms. The zero-order valence-electron chi connectivity index (χ0n) is 17.9. The Balaban J connectivity index is 2.02. The first-order valence-electron chi connectivity index (χ1n) is 10.3. The topological polar surface area (TPSA) is 20.1 Å². The van der Waals surface area contributed by atoms with Crippen LogP contribution in [0.2, 0.25) is 0 Å². The van der Waals surface area contributed by atoms with E-state index in [2.05, 4.69) is 9.74 Å². The Morgan fingerprint density at radius 1 is 1.06 bits per heavy atom. The second kappa shape index (κ2) is 10.0. The van der Waals surface area contributed by atoms with E-state index in [1.54, 1.807) is 12.0 Å². The second-order valence-corrected chi connectivity index (χ2v) is 7.83. The maximum Gasteiger partial charge on any atom is 0.416 e. The van der Waals surface area contributed by atoms with Crippen molar-refractivity contribution in [2.24, 2.45) is 0 Å². The summed E-state index contributed by atoms with van der Waals surface area (Å²) in [5, 5.41) is 0. The van der Waals surface area contributed by atoms with Crippen LogP contribution in [0.4, 0.5) is 37.7 Å². The molecule has 0 saturated carbocycles. The number of hydrogen-bond donors (Lipinski definition) is 0. The second-order valence-electron chi connectivity index (χ2n) is 7.83. The zero-order chi connectivity index (χ0) is 24.2. The molecule has 1 fully saturated rings. The van der Waals surface area contributed by atoms with Gasteiger partial charge in [-0.3, -0.25) is 4.90 Å². The highest BCUT2D eigenvalue weighted by Gasteiger charge is 2.37. The van der Waals surface area contributed by atoms with Gasteiger partial charge in [-0.2, -0.15) is 26.3 Å². The molecule has 3 rings (SSSR count). The van der Waals surface area contributed by atoms with Crippen molar-refractivity contribution in [3.05, 3.63) is 70.6 Å². The molecular weight excluding hydrogens is 448 g/mol. The van der Waals surface area contributed by atoms with Crippen LogP contribution in [0.25, 0.3) is 4.85 Å². The summed E-state index contributed by atoms with van der Waals surface area (Å²) >= 11 is 0. The molecule has 33 heavy (non-hydrogen) atoms. The molecule has 1 aliphatic rings. The van der Waals surface area contributed by atoms with Gasteiger partial charge in [0.2, 0.25) is 0 Å². The minimum absolute atomic E-state index is 0.0249. The minimum Gasteiger partial charge on any atom is -0.383 e. The van der Waals surface area contributed by atoms with Crippen LogP contribution in [0, 0.1) is 6.57 Å². The van der Waals surface area contributed by atoms with E-state index in [0.717, 1.165) is 18.2 Å². The Hall–Kier alpha value is -2.77. The van der Waals surface area contributed by atoms with Crippen molar-refractivity contribution in [1.29, 1.82) is 0 Å². The smallest absolute Gasteiger partial charge is 0.383 e. The Morgan fingerprint density at radius 3 is 2.39 bits per heavy atom.